The van der Waals surface area contributed by atoms with Crippen molar-refractivity contribution in [2.75, 3.05) is 5.32 Å². The molecule has 0 saturated heterocycles. The van der Waals surface area contributed by atoms with E-state index in [4.69, 9.17) is 0 Å². The minimum absolute atomic E-state index is 0.0270. The number of aryl methyl sites for hydroxylation is 1. The molecule has 0 fully saturated rings. The first kappa shape index (κ1) is 20.1. The van der Waals surface area contributed by atoms with Gasteiger partial charge in [0, 0.05) is 29.3 Å². The van der Waals surface area contributed by atoms with Crippen LogP contribution in [0.2, 0.25) is 0 Å². The van der Waals surface area contributed by atoms with E-state index in [1.165, 1.54) is 12.1 Å². The largest absolute Gasteiger partial charge is 0.343 e. The Balaban J connectivity index is 1.56. The Hall–Kier alpha value is -4.17. The number of aromatic nitrogens is 1. The van der Waals surface area contributed by atoms with E-state index < -0.39 is 5.91 Å². The molecule has 1 N–H and O–H groups in total. The van der Waals surface area contributed by atoms with Crippen LogP contribution in [0.4, 0.5) is 10.1 Å². The van der Waals surface area contributed by atoms with Crippen LogP contribution in [0.25, 0.3) is 17.0 Å². The second kappa shape index (κ2) is 8.68. The van der Waals surface area contributed by atoms with Crippen molar-refractivity contribution in [3.05, 3.63) is 107 Å². The molecule has 4 rings (SSSR count). The first-order valence-electron chi connectivity index (χ1n) is 9.85. The lowest BCUT2D eigenvalue weighted by Crippen LogP contribution is -2.13. The van der Waals surface area contributed by atoms with Crippen molar-refractivity contribution in [2.45, 2.75) is 13.5 Å². The monoisotopic (exact) mass is 409 g/mol. The summed E-state index contributed by atoms with van der Waals surface area (Å²) in [4.78, 5) is 12.5. The molecule has 1 heterocycles. The van der Waals surface area contributed by atoms with Gasteiger partial charge in [-0.05, 0) is 66.6 Å². The molecule has 4 aromatic rings. The Labute approximate surface area is 179 Å². The van der Waals surface area contributed by atoms with Gasteiger partial charge in [0.2, 0.25) is 0 Å². The van der Waals surface area contributed by atoms with Crippen molar-refractivity contribution in [3.8, 4) is 6.07 Å². The second-order valence-corrected chi connectivity index (χ2v) is 7.38. The number of fused-ring (bicyclic) bond motifs is 1. The minimum atomic E-state index is -0.449. The van der Waals surface area contributed by atoms with Crippen LogP contribution in [0.5, 0.6) is 0 Å². The van der Waals surface area contributed by atoms with Crippen LogP contribution in [0.15, 0.2) is 84.6 Å². The number of carbonyl (C=O) groups excluding carboxylic acids is 1. The maximum atomic E-state index is 13.5. The van der Waals surface area contributed by atoms with Crippen molar-refractivity contribution in [3.63, 3.8) is 0 Å². The number of amides is 1. The van der Waals surface area contributed by atoms with Gasteiger partial charge in [-0.3, -0.25) is 4.79 Å². The Morgan fingerprint density at radius 2 is 1.90 bits per heavy atom. The van der Waals surface area contributed by atoms with E-state index in [1.54, 1.807) is 24.3 Å². The lowest BCUT2D eigenvalue weighted by Gasteiger charge is -2.07. The summed E-state index contributed by atoms with van der Waals surface area (Å²) in [6.07, 6.45) is 3.52. The Bertz CT molecular complexity index is 1330. The Morgan fingerprint density at radius 3 is 2.65 bits per heavy atom. The number of carbonyl (C=O) groups is 1. The van der Waals surface area contributed by atoms with E-state index in [0.717, 1.165) is 27.6 Å². The first-order chi connectivity index (χ1) is 15.0. The fourth-order valence-corrected chi connectivity index (χ4v) is 3.43. The summed E-state index contributed by atoms with van der Waals surface area (Å²) in [5, 5.41) is 13.2. The molecule has 31 heavy (non-hydrogen) atoms. The van der Waals surface area contributed by atoms with Crippen molar-refractivity contribution < 1.29 is 9.18 Å². The third kappa shape index (κ3) is 4.71. The van der Waals surface area contributed by atoms with Gasteiger partial charge in [-0.25, -0.2) is 4.39 Å². The summed E-state index contributed by atoms with van der Waals surface area (Å²) in [5.41, 5.74) is 4.38. The van der Waals surface area contributed by atoms with Gasteiger partial charge in [0.25, 0.3) is 5.91 Å². The zero-order chi connectivity index (χ0) is 21.8. The average Bonchev–Trinajstić information content (AvgIpc) is 3.15. The van der Waals surface area contributed by atoms with Crippen LogP contribution in [0.1, 0.15) is 16.7 Å². The van der Waals surface area contributed by atoms with Crippen LogP contribution in [-0.4, -0.2) is 10.5 Å². The van der Waals surface area contributed by atoms with E-state index in [-0.39, 0.29) is 11.4 Å². The summed E-state index contributed by atoms with van der Waals surface area (Å²) in [7, 11) is 0. The lowest BCUT2D eigenvalue weighted by atomic mass is 10.1. The number of hydrogen-bond acceptors (Lipinski definition) is 2. The molecule has 0 aliphatic rings. The summed E-state index contributed by atoms with van der Waals surface area (Å²) < 4.78 is 15.5. The van der Waals surface area contributed by atoms with E-state index in [0.29, 0.717) is 12.2 Å². The van der Waals surface area contributed by atoms with E-state index >= 15 is 0 Å². The van der Waals surface area contributed by atoms with Gasteiger partial charge < -0.3 is 9.88 Å². The summed E-state index contributed by atoms with van der Waals surface area (Å²) in [5.74, 6) is -0.704. The maximum absolute atomic E-state index is 13.5. The van der Waals surface area contributed by atoms with E-state index in [1.807, 2.05) is 66.2 Å². The maximum Gasteiger partial charge on any atom is 0.266 e. The third-order valence-corrected chi connectivity index (χ3v) is 5.02. The lowest BCUT2D eigenvalue weighted by molar-refractivity contribution is -0.112. The zero-order valence-corrected chi connectivity index (χ0v) is 17.0. The molecule has 3 aromatic carbocycles. The molecule has 0 unspecified atom stereocenters. The molecule has 0 aliphatic carbocycles. The number of nitrogens with one attached hydrogen (secondary N) is 1. The number of hydrogen-bond donors (Lipinski definition) is 1. The molecule has 1 amide bonds. The van der Waals surface area contributed by atoms with Crippen molar-refractivity contribution >= 4 is 28.6 Å². The highest BCUT2D eigenvalue weighted by atomic mass is 19.1. The highest BCUT2D eigenvalue weighted by molar-refractivity contribution is 6.09. The summed E-state index contributed by atoms with van der Waals surface area (Å²) in [6.45, 7) is 2.52. The molecule has 0 spiro atoms. The predicted octanol–water partition coefficient (Wildman–Crippen LogP) is 5.68. The van der Waals surface area contributed by atoms with Crippen molar-refractivity contribution in [2.24, 2.45) is 0 Å². The highest BCUT2D eigenvalue weighted by Crippen LogP contribution is 2.21. The first-order valence-corrected chi connectivity index (χ1v) is 9.85. The SMILES string of the molecule is Cc1ccc(NC(=O)/C(C#N)=C/c2ccc3c(ccn3Cc3cccc(F)c3)c2)cc1. The summed E-state index contributed by atoms with van der Waals surface area (Å²) >= 11 is 0. The molecule has 0 bridgehead atoms. The van der Waals surface area contributed by atoms with Gasteiger partial charge in [0.05, 0.1) is 0 Å². The summed E-state index contributed by atoms with van der Waals surface area (Å²) in [6, 6.07) is 23.6. The highest BCUT2D eigenvalue weighted by Gasteiger charge is 2.10. The molecule has 0 saturated carbocycles. The standard InChI is InChI=1S/C26H20FN3O/c1-18-5-8-24(9-6-18)29-26(31)22(16-28)14-19-7-10-25-21(13-19)11-12-30(25)17-20-3-2-4-23(27)15-20/h2-15H,17H2,1H3,(H,29,31)/b22-14+. The molecule has 4 nitrogen and oxygen atoms in total. The number of anilines is 1. The van der Waals surface area contributed by atoms with Crippen molar-refractivity contribution in [1.82, 2.24) is 4.57 Å². The molecule has 0 atom stereocenters. The number of benzene rings is 3. The van der Waals surface area contributed by atoms with Gasteiger partial charge >= 0.3 is 0 Å². The Kier molecular flexibility index (Phi) is 5.63. The molecule has 152 valence electrons. The molecule has 0 aliphatic heterocycles. The molecule has 5 heteroatoms. The zero-order valence-electron chi connectivity index (χ0n) is 17.0. The van der Waals surface area contributed by atoms with Crippen LogP contribution >= 0.6 is 0 Å². The van der Waals surface area contributed by atoms with Gasteiger partial charge in [0.15, 0.2) is 0 Å². The smallest absolute Gasteiger partial charge is 0.266 e. The van der Waals surface area contributed by atoms with Gasteiger partial charge in [-0.1, -0.05) is 35.9 Å². The van der Waals surface area contributed by atoms with Crippen LogP contribution in [-0.2, 0) is 11.3 Å². The molecule has 1 aromatic heterocycles. The number of rotatable bonds is 5. The average molecular weight is 409 g/mol. The molecular formula is C26H20FN3O. The predicted molar refractivity (Wildman–Crippen MR) is 121 cm³/mol. The number of nitriles is 1. The Morgan fingerprint density at radius 1 is 1.10 bits per heavy atom. The molecular weight excluding hydrogens is 389 g/mol. The minimum Gasteiger partial charge on any atom is -0.343 e. The third-order valence-electron chi connectivity index (χ3n) is 5.02. The van der Waals surface area contributed by atoms with Crippen LogP contribution < -0.4 is 5.32 Å². The normalized spacial score (nSPS) is 11.3. The van der Waals surface area contributed by atoms with Gasteiger partial charge in [-0.2, -0.15) is 5.26 Å². The fourth-order valence-electron chi connectivity index (χ4n) is 3.43. The van der Waals surface area contributed by atoms with E-state index in [2.05, 4.69) is 5.32 Å². The fraction of sp³-hybridized carbons (Fsp3) is 0.0769. The number of nitrogens with zero attached hydrogens (tertiary/aromatic N) is 2. The molecule has 0 radical (unpaired) electrons. The quantitative estimate of drug-likeness (QED) is 0.340. The topological polar surface area (TPSA) is 57.8 Å². The van der Waals surface area contributed by atoms with Crippen molar-refractivity contribution in [1.29, 1.82) is 5.26 Å². The van der Waals surface area contributed by atoms with Gasteiger partial charge in [0.1, 0.15) is 17.5 Å². The second-order valence-electron chi connectivity index (χ2n) is 7.38. The van der Waals surface area contributed by atoms with Crippen LogP contribution in [0.3, 0.4) is 0 Å². The number of halogens is 1. The van der Waals surface area contributed by atoms with Gasteiger partial charge in [-0.15, -0.1) is 0 Å². The van der Waals surface area contributed by atoms with E-state index in [9.17, 15) is 14.4 Å². The van der Waals surface area contributed by atoms with Crippen LogP contribution in [0, 0.1) is 24.1 Å².